The molecule has 0 unspecified atom stereocenters. The average Bonchev–Trinajstić information content (AvgIpc) is 2.86. The molecule has 2 rings (SSSR count). The van der Waals surface area contributed by atoms with Gasteiger partial charge in [0.15, 0.2) is 28.2 Å². The van der Waals surface area contributed by atoms with Crippen LogP contribution in [0.4, 0.5) is 27.6 Å². The molecule has 0 aliphatic heterocycles. The van der Waals surface area contributed by atoms with Gasteiger partial charge in [0, 0.05) is 5.38 Å². The second-order valence-corrected chi connectivity index (χ2v) is 5.92. The predicted octanol–water partition coefficient (Wildman–Crippen LogP) is 3.24. The second-order valence-electron chi connectivity index (χ2n) is 3.52. The van der Waals surface area contributed by atoms with E-state index in [1.165, 1.54) is 16.8 Å². The number of nitrogens with one attached hydrogen (secondary N) is 1. The van der Waals surface area contributed by atoms with Crippen LogP contribution >= 0.6 is 11.3 Å². The predicted molar refractivity (Wildman–Crippen MR) is 61.4 cm³/mol. The molecule has 0 radical (unpaired) electrons. The molecule has 10 heteroatoms. The summed E-state index contributed by atoms with van der Waals surface area (Å²) in [5, 5.41) is 2.74. The lowest BCUT2D eigenvalue weighted by molar-refractivity contribution is 0.358. The van der Waals surface area contributed by atoms with Gasteiger partial charge in [-0.2, -0.15) is 11.3 Å². The van der Waals surface area contributed by atoms with Crippen LogP contribution in [0.15, 0.2) is 21.7 Å². The Morgan fingerprint density at radius 3 is 1.85 bits per heavy atom. The van der Waals surface area contributed by atoms with Crippen LogP contribution in [-0.4, -0.2) is 8.42 Å². The number of benzene rings is 1. The highest BCUT2D eigenvalue weighted by Gasteiger charge is 2.33. The lowest BCUT2D eigenvalue weighted by atomic mass is 10.3. The summed E-state index contributed by atoms with van der Waals surface area (Å²) in [6, 6.07) is 1.26. The summed E-state index contributed by atoms with van der Waals surface area (Å²) in [6.07, 6.45) is 0. The van der Waals surface area contributed by atoms with Crippen LogP contribution in [-0.2, 0) is 10.0 Å². The van der Waals surface area contributed by atoms with E-state index in [1.807, 2.05) is 0 Å². The quantitative estimate of drug-likeness (QED) is 0.534. The number of hydrogen-bond acceptors (Lipinski definition) is 3. The summed E-state index contributed by atoms with van der Waals surface area (Å²) in [7, 11) is -4.95. The summed E-state index contributed by atoms with van der Waals surface area (Å²) >= 11 is 1.07. The van der Waals surface area contributed by atoms with Crippen molar-refractivity contribution in [1.29, 1.82) is 0 Å². The summed E-state index contributed by atoms with van der Waals surface area (Å²) in [4.78, 5) is -1.92. The van der Waals surface area contributed by atoms with E-state index < -0.39 is 44.0 Å². The van der Waals surface area contributed by atoms with Gasteiger partial charge in [0.05, 0.1) is 5.69 Å². The van der Waals surface area contributed by atoms with Crippen LogP contribution in [0.25, 0.3) is 0 Å². The monoisotopic (exact) mass is 329 g/mol. The molecule has 0 saturated carbocycles. The minimum atomic E-state index is -4.95. The van der Waals surface area contributed by atoms with Crippen molar-refractivity contribution in [3.63, 3.8) is 0 Å². The average molecular weight is 329 g/mol. The van der Waals surface area contributed by atoms with Crippen LogP contribution in [0.1, 0.15) is 0 Å². The minimum absolute atomic E-state index is 0.0565. The first-order chi connectivity index (χ1) is 9.25. The molecule has 0 bridgehead atoms. The second kappa shape index (κ2) is 5.02. The number of halogens is 5. The van der Waals surface area contributed by atoms with Crippen LogP contribution in [0.3, 0.4) is 0 Å². The van der Waals surface area contributed by atoms with Crippen LogP contribution < -0.4 is 4.72 Å². The molecule has 0 aliphatic rings. The maximum absolute atomic E-state index is 13.4. The zero-order valence-corrected chi connectivity index (χ0v) is 10.9. The van der Waals surface area contributed by atoms with Crippen molar-refractivity contribution >= 4 is 27.0 Å². The fraction of sp³-hybridized carbons (Fsp3) is 0. The van der Waals surface area contributed by atoms with Gasteiger partial charge < -0.3 is 0 Å². The number of thiophene rings is 1. The smallest absolute Gasteiger partial charge is 0.268 e. The van der Waals surface area contributed by atoms with Gasteiger partial charge in [-0.25, -0.2) is 30.4 Å². The molecule has 108 valence electrons. The van der Waals surface area contributed by atoms with E-state index in [-0.39, 0.29) is 5.69 Å². The van der Waals surface area contributed by atoms with E-state index in [1.54, 1.807) is 4.72 Å². The van der Waals surface area contributed by atoms with Crippen molar-refractivity contribution in [2.45, 2.75) is 4.90 Å². The molecule has 1 aromatic carbocycles. The Kier molecular flexibility index (Phi) is 3.69. The third-order valence-corrected chi connectivity index (χ3v) is 4.30. The molecular formula is C10H4F5NO2S2. The van der Waals surface area contributed by atoms with E-state index in [4.69, 9.17) is 0 Å². The molecule has 20 heavy (non-hydrogen) atoms. The third kappa shape index (κ3) is 2.36. The third-order valence-electron chi connectivity index (χ3n) is 2.21. The van der Waals surface area contributed by atoms with E-state index in [9.17, 15) is 30.4 Å². The highest BCUT2D eigenvalue weighted by molar-refractivity contribution is 7.92. The van der Waals surface area contributed by atoms with Crippen molar-refractivity contribution in [1.82, 2.24) is 0 Å². The molecule has 0 saturated heterocycles. The lowest BCUT2D eigenvalue weighted by Crippen LogP contribution is -2.19. The van der Waals surface area contributed by atoms with Crippen molar-refractivity contribution in [3.8, 4) is 0 Å². The molecule has 0 amide bonds. The molecule has 2 aromatic rings. The van der Waals surface area contributed by atoms with Gasteiger partial charge in [0.25, 0.3) is 10.0 Å². The first kappa shape index (κ1) is 14.7. The maximum atomic E-state index is 13.4. The van der Waals surface area contributed by atoms with Crippen LogP contribution in [0, 0.1) is 29.1 Å². The highest BCUT2D eigenvalue weighted by Crippen LogP contribution is 2.28. The van der Waals surface area contributed by atoms with Crippen molar-refractivity contribution in [3.05, 3.63) is 45.9 Å². The Bertz CT molecular complexity index is 729. The van der Waals surface area contributed by atoms with Gasteiger partial charge >= 0.3 is 0 Å². The highest BCUT2D eigenvalue weighted by atomic mass is 32.2. The molecule has 0 spiro atoms. The Morgan fingerprint density at radius 1 is 0.900 bits per heavy atom. The molecule has 1 heterocycles. The van der Waals surface area contributed by atoms with Crippen LogP contribution in [0.5, 0.6) is 0 Å². The maximum Gasteiger partial charge on any atom is 0.268 e. The lowest BCUT2D eigenvalue weighted by Gasteiger charge is -2.10. The number of sulfonamides is 1. The zero-order valence-electron chi connectivity index (χ0n) is 9.25. The normalized spacial score (nSPS) is 11.7. The van der Waals surface area contributed by atoms with Crippen molar-refractivity contribution in [2.75, 3.05) is 4.72 Å². The summed E-state index contributed by atoms with van der Waals surface area (Å²) in [6.45, 7) is 0. The van der Waals surface area contributed by atoms with Gasteiger partial charge in [-0.3, -0.25) is 4.72 Å². The van der Waals surface area contributed by atoms with Gasteiger partial charge in [-0.05, 0) is 11.4 Å². The first-order valence-electron chi connectivity index (χ1n) is 4.82. The van der Waals surface area contributed by atoms with Crippen molar-refractivity contribution in [2.24, 2.45) is 0 Å². The SMILES string of the molecule is O=S(=O)(Nc1ccsc1)c1c(F)c(F)c(F)c(F)c1F. The Labute approximate surface area is 113 Å². The van der Waals surface area contributed by atoms with E-state index >= 15 is 0 Å². The van der Waals surface area contributed by atoms with Gasteiger partial charge in [0.2, 0.25) is 5.82 Å². The van der Waals surface area contributed by atoms with E-state index in [0.29, 0.717) is 0 Å². The zero-order chi connectivity index (χ0) is 15.1. The Morgan fingerprint density at radius 2 is 1.40 bits per heavy atom. The van der Waals surface area contributed by atoms with Crippen molar-refractivity contribution < 1.29 is 30.4 Å². The topological polar surface area (TPSA) is 46.2 Å². The molecule has 1 N–H and O–H groups in total. The molecule has 3 nitrogen and oxygen atoms in total. The van der Waals surface area contributed by atoms with Gasteiger partial charge in [0.1, 0.15) is 0 Å². The Balaban J connectivity index is 2.63. The number of anilines is 1. The van der Waals surface area contributed by atoms with Gasteiger partial charge in [-0.15, -0.1) is 0 Å². The van der Waals surface area contributed by atoms with Gasteiger partial charge in [-0.1, -0.05) is 0 Å². The number of hydrogen-bond donors (Lipinski definition) is 1. The molecule has 0 fully saturated rings. The number of rotatable bonds is 3. The first-order valence-corrected chi connectivity index (χ1v) is 7.24. The fourth-order valence-corrected chi connectivity index (χ4v) is 3.20. The largest absolute Gasteiger partial charge is 0.279 e. The Hall–Kier alpha value is -1.68. The molecule has 1 aromatic heterocycles. The minimum Gasteiger partial charge on any atom is -0.279 e. The van der Waals surface area contributed by atoms with E-state index in [0.717, 1.165) is 11.3 Å². The fourth-order valence-electron chi connectivity index (χ4n) is 1.35. The standard InChI is InChI=1S/C10H4F5NO2S2/c11-5-6(12)8(14)10(9(15)7(5)13)20(17,18)16-4-1-2-19-3-4/h1-3,16H. The molecule has 0 atom stereocenters. The summed E-state index contributed by atoms with van der Waals surface area (Å²) < 4.78 is 90.7. The summed E-state index contributed by atoms with van der Waals surface area (Å²) in [5.41, 5.74) is -0.0565. The molecule has 0 aliphatic carbocycles. The van der Waals surface area contributed by atoms with E-state index in [2.05, 4.69) is 0 Å². The summed E-state index contributed by atoms with van der Waals surface area (Å²) in [5.74, 6) is -11.9. The van der Waals surface area contributed by atoms with Crippen LogP contribution in [0.2, 0.25) is 0 Å². The molecular weight excluding hydrogens is 325 g/mol.